The molecule has 1 aliphatic heterocycles. The van der Waals surface area contributed by atoms with Gasteiger partial charge in [-0.3, -0.25) is 14.6 Å². The van der Waals surface area contributed by atoms with Gasteiger partial charge < -0.3 is 15.7 Å². The summed E-state index contributed by atoms with van der Waals surface area (Å²) in [5, 5.41) is 8.95. The zero-order valence-corrected chi connectivity index (χ0v) is 9.47. The highest BCUT2D eigenvalue weighted by Gasteiger charge is 2.43. The monoisotopic (exact) mass is 253 g/mol. The number of pyridine rings is 1. The summed E-state index contributed by atoms with van der Waals surface area (Å²) in [4.78, 5) is 27.7. The molecule has 0 spiro atoms. The van der Waals surface area contributed by atoms with Crippen LogP contribution in [0.4, 0.5) is 4.39 Å². The van der Waals surface area contributed by atoms with Crippen LogP contribution in [-0.4, -0.2) is 45.5 Å². The van der Waals surface area contributed by atoms with Crippen LogP contribution in [0.25, 0.3) is 0 Å². The Hall–Kier alpha value is -2.02. The van der Waals surface area contributed by atoms with Gasteiger partial charge in [-0.25, -0.2) is 4.39 Å². The summed E-state index contributed by atoms with van der Waals surface area (Å²) in [6, 6.07) is 1.26. The van der Waals surface area contributed by atoms with Crippen molar-refractivity contribution in [2.75, 3.05) is 13.1 Å². The first kappa shape index (κ1) is 12.4. The molecule has 1 saturated heterocycles. The van der Waals surface area contributed by atoms with E-state index in [9.17, 15) is 14.0 Å². The number of carbonyl (C=O) groups is 2. The molecule has 18 heavy (non-hydrogen) atoms. The predicted molar refractivity (Wildman–Crippen MR) is 59.3 cm³/mol. The largest absolute Gasteiger partial charge is 0.480 e. The fraction of sp³-hybridized carbons (Fsp3) is 0.364. The van der Waals surface area contributed by atoms with E-state index in [1.165, 1.54) is 17.2 Å². The molecule has 1 aromatic heterocycles. The van der Waals surface area contributed by atoms with Gasteiger partial charge in [0.05, 0.1) is 11.8 Å². The van der Waals surface area contributed by atoms with Crippen molar-refractivity contribution >= 4 is 11.9 Å². The minimum absolute atomic E-state index is 0.122. The number of halogens is 1. The number of nitrogens with zero attached hydrogens (tertiary/aromatic N) is 2. The summed E-state index contributed by atoms with van der Waals surface area (Å²) in [5.41, 5.74) is 4.08. The van der Waals surface area contributed by atoms with E-state index >= 15 is 0 Å². The zero-order valence-electron chi connectivity index (χ0n) is 9.47. The smallest absolute Gasteiger partial charge is 0.325 e. The zero-order chi connectivity index (χ0) is 13.3. The standard InChI is InChI=1S/C11H12FN3O3/c12-8-5-14-3-1-7(8)9(16)15-4-2-11(13,6-15)10(17)18/h1,3,5H,2,4,6,13H2,(H,17,18). The van der Waals surface area contributed by atoms with Crippen molar-refractivity contribution in [2.24, 2.45) is 5.73 Å². The van der Waals surface area contributed by atoms with E-state index in [0.717, 1.165) is 6.20 Å². The molecule has 1 amide bonds. The van der Waals surface area contributed by atoms with E-state index in [4.69, 9.17) is 10.8 Å². The molecule has 0 radical (unpaired) electrons. The lowest BCUT2D eigenvalue weighted by Gasteiger charge is -2.20. The van der Waals surface area contributed by atoms with E-state index in [1.807, 2.05) is 0 Å². The Bertz CT molecular complexity index is 508. The number of aliphatic carboxylic acids is 1. The molecule has 2 heterocycles. The fourth-order valence-electron chi connectivity index (χ4n) is 1.90. The maximum absolute atomic E-state index is 13.4. The van der Waals surface area contributed by atoms with E-state index in [0.29, 0.717) is 0 Å². The molecule has 0 aliphatic carbocycles. The third kappa shape index (κ3) is 2.04. The number of carboxylic acid groups (broad SMARTS) is 1. The summed E-state index contributed by atoms with van der Waals surface area (Å²) in [5.74, 6) is -2.45. The van der Waals surface area contributed by atoms with E-state index in [2.05, 4.69) is 4.98 Å². The Morgan fingerprint density at radius 2 is 2.28 bits per heavy atom. The maximum Gasteiger partial charge on any atom is 0.325 e. The third-order valence-corrected chi connectivity index (χ3v) is 3.02. The lowest BCUT2D eigenvalue weighted by Crippen LogP contribution is -2.50. The van der Waals surface area contributed by atoms with Gasteiger partial charge in [-0.2, -0.15) is 0 Å². The van der Waals surface area contributed by atoms with Crippen LogP contribution in [0.1, 0.15) is 16.8 Å². The number of hydrogen-bond acceptors (Lipinski definition) is 4. The van der Waals surface area contributed by atoms with E-state index < -0.39 is 23.2 Å². The van der Waals surface area contributed by atoms with Crippen LogP contribution in [0.3, 0.4) is 0 Å². The van der Waals surface area contributed by atoms with Crippen molar-refractivity contribution < 1.29 is 19.1 Å². The van der Waals surface area contributed by atoms with Crippen LogP contribution in [0.2, 0.25) is 0 Å². The Kier molecular flexibility index (Phi) is 3.00. The van der Waals surface area contributed by atoms with Crippen LogP contribution in [0.5, 0.6) is 0 Å². The molecule has 0 bridgehead atoms. The molecule has 1 atom stereocenters. The van der Waals surface area contributed by atoms with Crippen molar-refractivity contribution in [2.45, 2.75) is 12.0 Å². The second-order valence-corrected chi connectivity index (χ2v) is 4.29. The molecule has 1 fully saturated rings. The molecular weight excluding hydrogens is 241 g/mol. The van der Waals surface area contributed by atoms with Crippen LogP contribution >= 0.6 is 0 Å². The number of aromatic nitrogens is 1. The van der Waals surface area contributed by atoms with Crippen molar-refractivity contribution in [1.82, 2.24) is 9.88 Å². The van der Waals surface area contributed by atoms with Crippen molar-refractivity contribution in [3.63, 3.8) is 0 Å². The van der Waals surface area contributed by atoms with Gasteiger partial charge in [-0.05, 0) is 12.5 Å². The molecule has 2 rings (SSSR count). The SMILES string of the molecule is NC1(C(=O)O)CCN(C(=O)c2ccncc2F)C1. The van der Waals surface area contributed by atoms with Crippen molar-refractivity contribution in [1.29, 1.82) is 0 Å². The van der Waals surface area contributed by atoms with Crippen LogP contribution in [-0.2, 0) is 4.79 Å². The van der Waals surface area contributed by atoms with Crippen LogP contribution < -0.4 is 5.73 Å². The molecule has 1 aliphatic rings. The van der Waals surface area contributed by atoms with Gasteiger partial charge in [0.25, 0.3) is 5.91 Å². The molecule has 0 saturated carbocycles. The first-order valence-electron chi connectivity index (χ1n) is 5.35. The minimum atomic E-state index is -1.45. The summed E-state index contributed by atoms with van der Waals surface area (Å²) >= 11 is 0. The number of likely N-dealkylation sites (tertiary alicyclic amines) is 1. The summed E-state index contributed by atoms with van der Waals surface area (Å²) in [6.07, 6.45) is 2.40. The molecule has 7 heteroatoms. The van der Waals surface area contributed by atoms with E-state index in [-0.39, 0.29) is 25.1 Å². The summed E-state index contributed by atoms with van der Waals surface area (Å²) in [6.45, 7) is 0.0757. The third-order valence-electron chi connectivity index (χ3n) is 3.02. The second kappa shape index (κ2) is 4.34. The van der Waals surface area contributed by atoms with Crippen LogP contribution in [0, 0.1) is 5.82 Å². The minimum Gasteiger partial charge on any atom is -0.480 e. The number of amides is 1. The number of carbonyl (C=O) groups excluding carboxylic acids is 1. The molecular formula is C11H12FN3O3. The van der Waals surface area contributed by atoms with Gasteiger partial charge in [0.2, 0.25) is 0 Å². The maximum atomic E-state index is 13.4. The van der Waals surface area contributed by atoms with Crippen molar-refractivity contribution in [3.05, 3.63) is 29.8 Å². The average molecular weight is 253 g/mol. The molecule has 1 aromatic rings. The first-order chi connectivity index (χ1) is 8.44. The highest BCUT2D eigenvalue weighted by atomic mass is 19.1. The number of rotatable bonds is 2. The lowest BCUT2D eigenvalue weighted by molar-refractivity contribution is -0.142. The number of nitrogens with two attached hydrogens (primary N) is 1. The molecule has 3 N–H and O–H groups in total. The average Bonchev–Trinajstić information content (AvgIpc) is 2.73. The second-order valence-electron chi connectivity index (χ2n) is 4.29. The molecule has 6 nitrogen and oxygen atoms in total. The van der Waals surface area contributed by atoms with Crippen molar-refractivity contribution in [3.8, 4) is 0 Å². The van der Waals surface area contributed by atoms with Gasteiger partial charge >= 0.3 is 5.97 Å². The van der Waals surface area contributed by atoms with Crippen LogP contribution in [0.15, 0.2) is 18.5 Å². The van der Waals surface area contributed by atoms with Gasteiger partial charge in [0.15, 0.2) is 5.82 Å². The quantitative estimate of drug-likeness (QED) is 0.764. The Morgan fingerprint density at radius 3 is 2.83 bits per heavy atom. The Morgan fingerprint density at radius 1 is 1.56 bits per heavy atom. The summed E-state index contributed by atoms with van der Waals surface area (Å²) in [7, 11) is 0. The highest BCUT2D eigenvalue weighted by molar-refractivity contribution is 5.95. The topological polar surface area (TPSA) is 96.5 Å². The van der Waals surface area contributed by atoms with Gasteiger partial charge in [-0.1, -0.05) is 0 Å². The van der Waals surface area contributed by atoms with Gasteiger partial charge in [-0.15, -0.1) is 0 Å². The fourth-order valence-corrected chi connectivity index (χ4v) is 1.90. The Labute approximate surface area is 102 Å². The number of hydrogen-bond donors (Lipinski definition) is 2. The molecule has 0 aromatic carbocycles. The van der Waals surface area contributed by atoms with Gasteiger partial charge in [0, 0.05) is 19.3 Å². The summed E-state index contributed by atoms with van der Waals surface area (Å²) < 4.78 is 13.4. The predicted octanol–water partition coefficient (Wildman–Crippen LogP) is -0.151. The number of carboxylic acids is 1. The highest BCUT2D eigenvalue weighted by Crippen LogP contribution is 2.21. The van der Waals surface area contributed by atoms with Gasteiger partial charge in [0.1, 0.15) is 5.54 Å². The first-order valence-corrected chi connectivity index (χ1v) is 5.35. The molecule has 1 unspecified atom stereocenters. The van der Waals surface area contributed by atoms with E-state index in [1.54, 1.807) is 0 Å². The lowest BCUT2D eigenvalue weighted by atomic mass is 10.0. The Balaban J connectivity index is 2.18. The normalized spacial score (nSPS) is 23.1. The molecule has 96 valence electrons.